The van der Waals surface area contributed by atoms with Gasteiger partial charge in [0.15, 0.2) is 0 Å². The molecule has 1 aromatic carbocycles. The Bertz CT molecular complexity index is 1260. The number of anilines is 1. The number of benzene rings is 1. The van der Waals surface area contributed by atoms with Crippen LogP contribution in [0.4, 0.5) is 5.69 Å². The fraction of sp³-hybridized carbons (Fsp3) is 0.565. The normalized spacial score (nSPS) is 13.9. The molecule has 0 aliphatic heterocycles. The van der Waals surface area contributed by atoms with Crippen molar-refractivity contribution in [3.8, 4) is 0 Å². The highest BCUT2D eigenvalue weighted by Gasteiger charge is 2.32. The summed E-state index contributed by atoms with van der Waals surface area (Å²) in [6.07, 6.45) is 1.66. The Morgan fingerprint density at radius 2 is 1.37 bits per heavy atom. The lowest BCUT2D eigenvalue weighted by Gasteiger charge is -2.23. The van der Waals surface area contributed by atoms with Crippen molar-refractivity contribution in [3.05, 3.63) is 29.8 Å². The van der Waals surface area contributed by atoms with Crippen LogP contribution in [-0.2, 0) is 34.6 Å². The van der Waals surface area contributed by atoms with Crippen LogP contribution >= 0.6 is 0 Å². The highest BCUT2D eigenvalue weighted by atomic mass is 32.2. The predicted octanol–water partition coefficient (Wildman–Crippen LogP) is -1.77. The van der Waals surface area contributed by atoms with E-state index >= 15 is 0 Å². The van der Waals surface area contributed by atoms with E-state index in [4.69, 9.17) is 10.3 Å². The van der Waals surface area contributed by atoms with Crippen LogP contribution in [0.5, 0.6) is 0 Å². The number of amides is 4. The summed E-state index contributed by atoms with van der Waals surface area (Å²) in [4.78, 5) is 49.3. The summed E-state index contributed by atoms with van der Waals surface area (Å²) in [6, 6.07) is 2.13. The van der Waals surface area contributed by atoms with Crippen molar-refractivity contribution in [2.75, 3.05) is 37.0 Å². The maximum absolute atomic E-state index is 12.7. The van der Waals surface area contributed by atoms with Gasteiger partial charge in [-0.1, -0.05) is 6.92 Å². The molecular weight excluding hydrogens is 584 g/mol. The number of nitrogens with two attached hydrogens (primary N) is 1. The monoisotopic (exact) mass is 622 g/mol. The summed E-state index contributed by atoms with van der Waals surface area (Å²) < 4.78 is 63.3. The van der Waals surface area contributed by atoms with Gasteiger partial charge in [0, 0.05) is 24.3 Å². The molecule has 0 spiro atoms. The van der Waals surface area contributed by atoms with E-state index in [1.807, 2.05) is 12.2 Å². The second-order valence-corrected chi connectivity index (χ2v) is 12.1. The fourth-order valence-electron chi connectivity index (χ4n) is 3.51. The van der Waals surface area contributed by atoms with E-state index in [0.717, 1.165) is 18.7 Å². The summed E-state index contributed by atoms with van der Waals surface area (Å²) in [7, 11) is -8.27. The second kappa shape index (κ2) is 16.8. The molecule has 0 saturated heterocycles. The molecule has 0 aliphatic carbocycles. The van der Waals surface area contributed by atoms with Gasteiger partial charge in [-0.3, -0.25) is 28.3 Å². The third-order valence-corrected chi connectivity index (χ3v) is 7.15. The highest BCUT2D eigenvalue weighted by molar-refractivity contribution is 7.86. The minimum atomic E-state index is -4.82. The molecule has 0 aliphatic rings. The zero-order chi connectivity index (χ0) is 31.2. The molecule has 18 heteroatoms. The number of carbonyl (C=O) groups excluding carboxylic acids is 4. The molecule has 1 rings (SSSR count). The fourth-order valence-corrected chi connectivity index (χ4v) is 4.91. The molecule has 232 valence electrons. The van der Waals surface area contributed by atoms with Gasteiger partial charge in [0.25, 0.3) is 26.1 Å². The molecule has 0 radical (unpaired) electrons. The van der Waals surface area contributed by atoms with Gasteiger partial charge < -0.3 is 32.3 Å². The van der Waals surface area contributed by atoms with Gasteiger partial charge >= 0.3 is 0 Å². The van der Waals surface area contributed by atoms with Gasteiger partial charge in [0.1, 0.15) is 23.9 Å². The smallest absolute Gasteiger partial charge is 0.267 e. The topological polar surface area (TPSA) is 263 Å². The van der Waals surface area contributed by atoms with Crippen LogP contribution < -0.4 is 32.3 Å². The van der Waals surface area contributed by atoms with Gasteiger partial charge in [0.05, 0.1) is 5.75 Å². The number of nitrogens with one attached hydrogen (secondary N) is 5. The van der Waals surface area contributed by atoms with E-state index in [0.29, 0.717) is 18.4 Å². The molecule has 4 amide bonds. The van der Waals surface area contributed by atoms with E-state index in [2.05, 4.69) is 21.3 Å². The van der Waals surface area contributed by atoms with E-state index in [1.54, 1.807) is 24.3 Å². The van der Waals surface area contributed by atoms with Gasteiger partial charge in [0.2, 0.25) is 17.7 Å². The van der Waals surface area contributed by atoms with Crippen molar-refractivity contribution < 1.29 is 45.1 Å². The summed E-state index contributed by atoms with van der Waals surface area (Å²) in [5.41, 5.74) is 6.69. The number of likely N-dealkylation sites (N-methyl/N-ethyl adjacent to an activating group) is 1. The Kier molecular flexibility index (Phi) is 14.7. The van der Waals surface area contributed by atoms with E-state index < -0.39 is 67.6 Å². The number of carbonyl (C=O) groups is 4. The zero-order valence-corrected chi connectivity index (χ0v) is 24.4. The van der Waals surface area contributed by atoms with Gasteiger partial charge in [-0.25, -0.2) is 0 Å². The number of rotatable bonds is 19. The first kappa shape index (κ1) is 35.7. The average molecular weight is 623 g/mol. The Morgan fingerprint density at radius 1 is 0.829 bits per heavy atom. The molecule has 0 fully saturated rings. The number of unbranched alkanes of at least 4 members (excludes halogenated alkanes) is 1. The minimum absolute atomic E-state index is 0.00315. The molecule has 0 aromatic heterocycles. The second-order valence-electron chi connectivity index (χ2n) is 9.12. The first-order valence-corrected chi connectivity index (χ1v) is 15.9. The zero-order valence-electron chi connectivity index (χ0n) is 22.8. The molecule has 1 aromatic rings. The lowest BCUT2D eigenvalue weighted by molar-refractivity contribution is -0.131. The highest BCUT2D eigenvalue weighted by Crippen LogP contribution is 2.10. The predicted molar refractivity (Wildman–Crippen MR) is 150 cm³/mol. The Labute approximate surface area is 239 Å². The minimum Gasteiger partial charge on any atom is -0.385 e. The molecule has 3 unspecified atom stereocenters. The Balaban J connectivity index is 2.70. The van der Waals surface area contributed by atoms with Crippen molar-refractivity contribution in [2.45, 2.75) is 50.7 Å². The molecule has 0 bridgehead atoms. The molecule has 0 heterocycles. The van der Waals surface area contributed by atoms with Crippen molar-refractivity contribution >= 4 is 49.6 Å². The van der Waals surface area contributed by atoms with Crippen molar-refractivity contribution in [1.29, 1.82) is 0 Å². The van der Waals surface area contributed by atoms with Crippen molar-refractivity contribution in [1.82, 2.24) is 21.3 Å². The Morgan fingerprint density at radius 3 is 1.88 bits per heavy atom. The first-order chi connectivity index (χ1) is 19.1. The number of primary amides is 1. The molecular formula is C23H38N6O10S2. The van der Waals surface area contributed by atoms with E-state index in [1.165, 1.54) is 7.05 Å². The summed E-state index contributed by atoms with van der Waals surface area (Å²) in [5, 5.41) is 12.4. The maximum atomic E-state index is 12.7. The largest absolute Gasteiger partial charge is 0.385 e. The summed E-state index contributed by atoms with van der Waals surface area (Å²) >= 11 is 0. The van der Waals surface area contributed by atoms with Crippen LogP contribution in [0.2, 0.25) is 0 Å². The standard InChI is InChI=1S/C23H38N6O10S2/c1-3-11-26-16-9-7-15(8-10-16)21(31)27-12-5-4-6-17(20(24)30)28-23(33)19(14-41(37,38)39)29-22(32)18(25-2)13-40(34,35)36/h7-10,17-19,25-26H,3-6,11-14H2,1-2H3,(H2,24,30)(H,27,31)(H,28,33)(H,29,32)(H,34,35,36)(H,37,38,39). The Hall–Kier alpha value is -3.32. The number of hydrogen-bond donors (Lipinski definition) is 8. The van der Waals surface area contributed by atoms with Gasteiger partial charge in [-0.05, 0) is 57.0 Å². The van der Waals surface area contributed by atoms with Gasteiger partial charge in [-0.2, -0.15) is 16.8 Å². The number of hydrogen-bond acceptors (Lipinski definition) is 10. The third-order valence-electron chi connectivity index (χ3n) is 5.64. The third kappa shape index (κ3) is 14.8. The molecule has 0 saturated carbocycles. The van der Waals surface area contributed by atoms with Crippen molar-refractivity contribution in [3.63, 3.8) is 0 Å². The van der Waals surface area contributed by atoms with Crippen LogP contribution in [0.15, 0.2) is 24.3 Å². The summed E-state index contributed by atoms with van der Waals surface area (Å²) in [5.74, 6) is -6.00. The molecule has 16 nitrogen and oxygen atoms in total. The SMILES string of the molecule is CCCNc1ccc(C(=O)NCCCCC(NC(=O)C(CS(=O)(=O)O)NC(=O)C(CS(=O)(=O)O)NC)C(N)=O)cc1. The van der Waals surface area contributed by atoms with Crippen LogP contribution in [0, 0.1) is 0 Å². The van der Waals surface area contributed by atoms with Crippen LogP contribution in [-0.4, -0.2) is 99.3 Å². The first-order valence-electron chi connectivity index (χ1n) is 12.7. The lowest BCUT2D eigenvalue weighted by atomic mass is 10.1. The van der Waals surface area contributed by atoms with E-state index in [9.17, 15) is 40.6 Å². The van der Waals surface area contributed by atoms with Crippen LogP contribution in [0.3, 0.4) is 0 Å². The maximum Gasteiger partial charge on any atom is 0.267 e. The molecule has 41 heavy (non-hydrogen) atoms. The van der Waals surface area contributed by atoms with Gasteiger partial charge in [-0.15, -0.1) is 0 Å². The lowest BCUT2D eigenvalue weighted by Crippen LogP contribution is -2.58. The molecule has 9 N–H and O–H groups in total. The van der Waals surface area contributed by atoms with Crippen LogP contribution in [0.1, 0.15) is 43.0 Å². The average Bonchev–Trinajstić information content (AvgIpc) is 2.87. The van der Waals surface area contributed by atoms with Crippen molar-refractivity contribution in [2.24, 2.45) is 5.73 Å². The molecule has 3 atom stereocenters. The van der Waals surface area contributed by atoms with E-state index in [-0.39, 0.29) is 18.9 Å². The quantitative estimate of drug-likeness (QED) is 0.0629. The summed E-state index contributed by atoms with van der Waals surface area (Å²) in [6.45, 7) is 3.09. The van der Waals surface area contributed by atoms with Crippen LogP contribution in [0.25, 0.3) is 0 Å².